The van der Waals surface area contributed by atoms with Crippen molar-refractivity contribution in [1.29, 1.82) is 0 Å². The Labute approximate surface area is 180 Å². The monoisotopic (exact) mass is 443 g/mol. The molecule has 1 amide bonds. The molecular weight excluding hydrogens is 422 g/mol. The van der Waals surface area contributed by atoms with Crippen LogP contribution in [0.2, 0.25) is 0 Å². The average molecular weight is 444 g/mol. The van der Waals surface area contributed by atoms with Crippen LogP contribution in [-0.4, -0.2) is 31.4 Å². The van der Waals surface area contributed by atoms with Crippen molar-refractivity contribution in [3.8, 4) is 0 Å². The number of thioether (sulfide) groups is 1. The van der Waals surface area contributed by atoms with Crippen molar-refractivity contribution in [1.82, 2.24) is 19.7 Å². The number of rotatable bonds is 7. The molecule has 0 saturated heterocycles. The van der Waals surface area contributed by atoms with Gasteiger partial charge in [-0.05, 0) is 31.4 Å². The second-order valence-electron chi connectivity index (χ2n) is 7.33. The molecule has 1 N–H and O–H groups in total. The lowest BCUT2D eigenvalue weighted by molar-refractivity contribution is -0.113. The maximum Gasteiger partial charge on any atom is 0.272 e. The molecule has 0 bridgehead atoms. The van der Waals surface area contributed by atoms with Gasteiger partial charge in [0.05, 0.1) is 11.3 Å². The number of hydrogen-bond acceptors (Lipinski definition) is 8. The van der Waals surface area contributed by atoms with Crippen molar-refractivity contribution >= 4 is 55.3 Å². The molecule has 4 aromatic heterocycles. The van der Waals surface area contributed by atoms with Crippen LogP contribution in [0.5, 0.6) is 0 Å². The number of carbonyl (C=O) groups excluding carboxylic acids is 1. The number of amides is 1. The smallest absolute Gasteiger partial charge is 0.272 e. The van der Waals surface area contributed by atoms with Gasteiger partial charge >= 0.3 is 0 Å². The number of hydrogen-bond donors (Lipinski definition) is 1. The minimum atomic E-state index is -0.241. The summed E-state index contributed by atoms with van der Waals surface area (Å²) in [6.45, 7) is 6.53. The number of carbonyl (C=O) groups is 1. The Morgan fingerprint density at radius 2 is 2.23 bits per heavy atom. The lowest BCUT2D eigenvalue weighted by Gasteiger charge is -2.13. The molecule has 0 aromatic carbocycles. The van der Waals surface area contributed by atoms with Gasteiger partial charge in [0, 0.05) is 24.2 Å². The van der Waals surface area contributed by atoms with Crippen molar-refractivity contribution in [3.05, 3.63) is 40.5 Å². The highest BCUT2D eigenvalue weighted by atomic mass is 32.2. The van der Waals surface area contributed by atoms with Crippen molar-refractivity contribution in [3.63, 3.8) is 0 Å². The highest BCUT2D eigenvalue weighted by molar-refractivity contribution is 7.99. The van der Waals surface area contributed by atoms with Crippen LogP contribution >= 0.6 is 23.1 Å². The van der Waals surface area contributed by atoms with Crippen LogP contribution in [0.3, 0.4) is 0 Å². The third kappa shape index (κ3) is 4.24. The van der Waals surface area contributed by atoms with Gasteiger partial charge in [-0.2, -0.15) is 0 Å². The summed E-state index contributed by atoms with van der Waals surface area (Å²) in [7, 11) is 0. The van der Waals surface area contributed by atoms with Gasteiger partial charge in [0.15, 0.2) is 11.0 Å². The second-order valence-corrected chi connectivity index (χ2v) is 9.27. The first-order valence-corrected chi connectivity index (χ1v) is 11.4. The summed E-state index contributed by atoms with van der Waals surface area (Å²) >= 11 is 2.60. The molecule has 0 aliphatic carbocycles. The van der Waals surface area contributed by atoms with E-state index in [9.17, 15) is 9.59 Å². The molecule has 4 aromatic rings. The van der Waals surface area contributed by atoms with Gasteiger partial charge < -0.3 is 9.84 Å². The predicted molar refractivity (Wildman–Crippen MR) is 119 cm³/mol. The van der Waals surface area contributed by atoms with Crippen molar-refractivity contribution in [2.75, 3.05) is 11.1 Å². The number of aromatic nitrogens is 4. The molecule has 0 atom stereocenters. The summed E-state index contributed by atoms with van der Waals surface area (Å²) in [5.41, 5.74) is 0.558. The highest BCUT2D eigenvalue weighted by Crippen LogP contribution is 2.30. The first-order valence-electron chi connectivity index (χ1n) is 9.56. The molecule has 0 spiro atoms. The van der Waals surface area contributed by atoms with Gasteiger partial charge in [-0.1, -0.05) is 30.8 Å². The van der Waals surface area contributed by atoms with E-state index in [1.807, 2.05) is 12.1 Å². The van der Waals surface area contributed by atoms with Crippen molar-refractivity contribution < 1.29 is 9.32 Å². The summed E-state index contributed by atoms with van der Waals surface area (Å²) in [5.74, 6) is 1.29. The molecule has 30 heavy (non-hydrogen) atoms. The van der Waals surface area contributed by atoms with Crippen LogP contribution < -0.4 is 10.9 Å². The molecule has 0 fully saturated rings. The number of nitrogens with one attached hydrogen (secondary N) is 1. The van der Waals surface area contributed by atoms with E-state index in [1.54, 1.807) is 23.8 Å². The van der Waals surface area contributed by atoms with Gasteiger partial charge in [0.25, 0.3) is 5.56 Å². The zero-order valence-electron chi connectivity index (χ0n) is 16.8. The van der Waals surface area contributed by atoms with Crippen molar-refractivity contribution in [2.45, 2.75) is 38.9 Å². The van der Waals surface area contributed by atoms with Crippen LogP contribution in [0.4, 0.5) is 5.82 Å². The van der Waals surface area contributed by atoms with Gasteiger partial charge in [0.2, 0.25) is 5.91 Å². The van der Waals surface area contributed by atoms with Gasteiger partial charge in [-0.25, -0.2) is 9.97 Å². The summed E-state index contributed by atoms with van der Waals surface area (Å²) in [6.07, 6.45) is 2.55. The van der Waals surface area contributed by atoms with Crippen LogP contribution in [-0.2, 0) is 11.3 Å². The molecule has 0 aliphatic heterocycles. The number of aryl methyl sites for hydroxylation is 1. The SMILES string of the molecule is Cc1cc(NC(=O)CSc2nc3c(sc4ncccc43)c(=O)n2CCC(C)C)no1. The van der Waals surface area contributed by atoms with E-state index in [0.29, 0.717) is 39.4 Å². The molecule has 4 heterocycles. The molecule has 0 saturated carbocycles. The van der Waals surface area contributed by atoms with E-state index in [2.05, 4.69) is 29.3 Å². The molecule has 0 unspecified atom stereocenters. The third-order valence-corrected chi connectivity index (χ3v) is 6.54. The number of anilines is 1. The quantitative estimate of drug-likeness (QED) is 0.339. The Balaban J connectivity index is 1.66. The standard InChI is InChI=1S/C20H21N5O3S2/c1-11(2)6-8-25-19(27)17-16(13-5-4-7-21-18(13)30-17)23-20(25)29-10-15(26)22-14-9-12(3)28-24-14/h4-5,7,9,11H,6,8,10H2,1-3H3,(H,22,24,26). The minimum absolute atomic E-state index is 0.0846. The fourth-order valence-corrected chi connectivity index (χ4v) is 4.82. The van der Waals surface area contributed by atoms with Gasteiger partial charge in [0.1, 0.15) is 15.3 Å². The lowest BCUT2D eigenvalue weighted by Crippen LogP contribution is -2.24. The van der Waals surface area contributed by atoms with Crippen LogP contribution in [0.25, 0.3) is 20.4 Å². The Hall–Kier alpha value is -2.72. The number of thiophene rings is 1. The number of fused-ring (bicyclic) bond motifs is 3. The van der Waals surface area contributed by atoms with Gasteiger partial charge in [-0.3, -0.25) is 14.2 Å². The topological polar surface area (TPSA) is 103 Å². The lowest BCUT2D eigenvalue weighted by atomic mass is 10.1. The van der Waals surface area contributed by atoms with Crippen molar-refractivity contribution in [2.24, 2.45) is 5.92 Å². The van der Waals surface area contributed by atoms with Gasteiger partial charge in [-0.15, -0.1) is 11.3 Å². The Kier molecular flexibility index (Phi) is 5.87. The Bertz CT molecular complexity index is 1270. The van der Waals surface area contributed by atoms with E-state index >= 15 is 0 Å². The van der Waals surface area contributed by atoms with Crippen LogP contribution in [0.1, 0.15) is 26.0 Å². The first-order chi connectivity index (χ1) is 14.4. The molecular formula is C20H21N5O3S2. The van der Waals surface area contributed by atoms with E-state index in [0.717, 1.165) is 16.6 Å². The summed E-state index contributed by atoms with van der Waals surface area (Å²) < 4.78 is 7.24. The van der Waals surface area contributed by atoms with Crippen LogP contribution in [0, 0.1) is 12.8 Å². The first kappa shape index (κ1) is 20.5. The normalized spacial score (nSPS) is 11.6. The summed E-state index contributed by atoms with van der Waals surface area (Å²) in [4.78, 5) is 35.5. The Morgan fingerprint density at radius 3 is 2.97 bits per heavy atom. The highest BCUT2D eigenvalue weighted by Gasteiger charge is 2.18. The largest absolute Gasteiger partial charge is 0.360 e. The Morgan fingerprint density at radius 1 is 1.40 bits per heavy atom. The average Bonchev–Trinajstić information content (AvgIpc) is 3.29. The van der Waals surface area contributed by atoms with E-state index < -0.39 is 0 Å². The maximum atomic E-state index is 13.2. The maximum absolute atomic E-state index is 13.2. The zero-order chi connectivity index (χ0) is 21.3. The van der Waals surface area contributed by atoms with E-state index in [-0.39, 0.29) is 17.2 Å². The number of nitrogens with zero attached hydrogens (tertiary/aromatic N) is 4. The minimum Gasteiger partial charge on any atom is -0.360 e. The van der Waals surface area contributed by atoms with E-state index in [4.69, 9.17) is 9.51 Å². The molecule has 0 radical (unpaired) electrons. The third-order valence-electron chi connectivity index (χ3n) is 4.48. The van der Waals surface area contributed by atoms with E-state index in [1.165, 1.54) is 23.1 Å². The molecule has 10 heteroatoms. The molecule has 8 nitrogen and oxygen atoms in total. The number of pyridine rings is 1. The summed E-state index contributed by atoms with van der Waals surface area (Å²) in [5, 5.41) is 7.85. The fraction of sp³-hybridized carbons (Fsp3) is 0.350. The fourth-order valence-electron chi connectivity index (χ4n) is 2.97. The molecule has 4 rings (SSSR count). The molecule has 0 aliphatic rings. The van der Waals surface area contributed by atoms with Crippen LogP contribution in [0.15, 0.2) is 38.9 Å². The molecule has 156 valence electrons. The summed E-state index contributed by atoms with van der Waals surface area (Å²) in [6, 6.07) is 5.40. The predicted octanol–water partition coefficient (Wildman–Crippen LogP) is 4.08. The zero-order valence-corrected chi connectivity index (χ0v) is 18.5. The second kappa shape index (κ2) is 8.57.